The Morgan fingerprint density at radius 1 is 0.280 bits per heavy atom. The predicted octanol–water partition coefficient (Wildman–Crippen LogP) is 22.6. The third-order valence-electron chi connectivity index (χ3n) is 14.8. The van der Waals surface area contributed by atoms with Crippen LogP contribution in [0.25, 0.3) is 0 Å². The Bertz CT molecular complexity index is 1300. The Morgan fingerprint density at radius 2 is 0.520 bits per heavy atom. The molecule has 0 heterocycles. The number of unbranched alkanes of at least 4 members (excludes halogenated alkanes) is 42. The van der Waals surface area contributed by atoms with Crippen molar-refractivity contribution in [2.75, 3.05) is 13.2 Å². The van der Waals surface area contributed by atoms with Gasteiger partial charge in [-0.2, -0.15) is 0 Å². The monoisotopic (exact) mass is 1050 g/mol. The number of hydrogen-bond acceptors (Lipinski definition) is 6. The maximum Gasteiger partial charge on any atom is 0.306 e. The van der Waals surface area contributed by atoms with Crippen LogP contribution in [-0.4, -0.2) is 37.2 Å². The third kappa shape index (κ3) is 62.1. The molecule has 0 rings (SSSR count). The van der Waals surface area contributed by atoms with Gasteiger partial charge in [0.15, 0.2) is 6.10 Å². The smallest absolute Gasteiger partial charge is 0.306 e. The number of allylic oxidation sites excluding steroid dienone is 8. The van der Waals surface area contributed by atoms with E-state index in [0.717, 1.165) is 96.3 Å². The molecule has 0 aliphatic rings. The summed E-state index contributed by atoms with van der Waals surface area (Å²) in [5, 5.41) is 0. The fourth-order valence-electron chi connectivity index (χ4n) is 9.87. The number of carbonyl (C=O) groups excluding carboxylic acids is 3. The largest absolute Gasteiger partial charge is 0.462 e. The summed E-state index contributed by atoms with van der Waals surface area (Å²) in [5.41, 5.74) is 0. The van der Waals surface area contributed by atoms with Crippen LogP contribution in [0, 0.1) is 0 Å². The molecule has 6 heteroatoms. The van der Waals surface area contributed by atoms with E-state index in [4.69, 9.17) is 14.2 Å². The molecule has 0 saturated heterocycles. The van der Waals surface area contributed by atoms with Crippen molar-refractivity contribution in [1.29, 1.82) is 0 Å². The van der Waals surface area contributed by atoms with Crippen molar-refractivity contribution in [2.24, 2.45) is 0 Å². The Kier molecular flexibility index (Phi) is 61.7. The van der Waals surface area contributed by atoms with Gasteiger partial charge in [0.1, 0.15) is 13.2 Å². The first-order valence-corrected chi connectivity index (χ1v) is 33.1. The van der Waals surface area contributed by atoms with Gasteiger partial charge >= 0.3 is 17.9 Å². The molecule has 0 N–H and O–H groups in total. The first kappa shape index (κ1) is 72.4. The van der Waals surface area contributed by atoms with Crippen LogP contribution in [0.5, 0.6) is 0 Å². The van der Waals surface area contributed by atoms with E-state index in [1.165, 1.54) is 218 Å². The highest BCUT2D eigenvalue weighted by Crippen LogP contribution is 2.18. The second kappa shape index (κ2) is 63.9. The van der Waals surface area contributed by atoms with Crippen LogP contribution >= 0.6 is 0 Å². The first-order valence-electron chi connectivity index (χ1n) is 33.1. The van der Waals surface area contributed by atoms with E-state index in [1.54, 1.807) is 0 Å². The van der Waals surface area contributed by atoms with E-state index < -0.39 is 6.10 Å². The van der Waals surface area contributed by atoms with Gasteiger partial charge in [0.25, 0.3) is 0 Å². The lowest BCUT2D eigenvalue weighted by molar-refractivity contribution is -0.167. The molecule has 0 aromatic heterocycles. The molecule has 0 amide bonds. The topological polar surface area (TPSA) is 78.9 Å². The summed E-state index contributed by atoms with van der Waals surface area (Å²) in [4.78, 5) is 38.3. The van der Waals surface area contributed by atoms with Crippen LogP contribution < -0.4 is 0 Å². The molecule has 6 nitrogen and oxygen atoms in total. The van der Waals surface area contributed by atoms with E-state index in [2.05, 4.69) is 69.4 Å². The summed E-state index contributed by atoms with van der Waals surface area (Å²) in [7, 11) is 0. The van der Waals surface area contributed by atoms with Gasteiger partial charge < -0.3 is 14.2 Å². The molecular weight excluding hydrogens is 925 g/mol. The number of ether oxygens (including phenoxy) is 3. The van der Waals surface area contributed by atoms with Crippen LogP contribution in [0.2, 0.25) is 0 Å². The SMILES string of the molecule is CC/C=C\C/C=C\C/C=C\CCCCCCCC(=O)OC(COC(=O)CCCCCCCCCCCCCCC)COC(=O)CCCCCCCCCCCCCCCCCCC/C=C\CCCCCCCCCC. The average Bonchev–Trinajstić information content (AvgIpc) is 3.41. The first-order chi connectivity index (χ1) is 37.0. The average molecular weight is 1050 g/mol. The minimum absolute atomic E-state index is 0.0758. The summed E-state index contributed by atoms with van der Waals surface area (Å²) in [6.45, 7) is 6.56. The van der Waals surface area contributed by atoms with Crippen LogP contribution in [-0.2, 0) is 28.6 Å². The van der Waals surface area contributed by atoms with E-state index in [0.29, 0.717) is 19.3 Å². The maximum atomic E-state index is 12.9. The zero-order valence-electron chi connectivity index (χ0n) is 50.3. The van der Waals surface area contributed by atoms with Crippen LogP contribution in [0.4, 0.5) is 0 Å². The quantitative estimate of drug-likeness (QED) is 0.0261. The molecule has 75 heavy (non-hydrogen) atoms. The molecule has 0 bridgehead atoms. The summed E-state index contributed by atoms with van der Waals surface area (Å²) < 4.78 is 16.9. The standard InChI is InChI=1S/C69H126O6/c1-4-7-10-13-16-19-22-25-27-28-29-30-31-32-33-34-35-36-37-38-39-40-42-44-47-50-53-56-59-62-68(71)74-65-66(64-73-67(70)61-58-55-52-49-46-43-24-21-18-15-12-9-6-3)75-69(72)63-60-57-54-51-48-45-41-26-23-20-17-14-11-8-5-2/h8,11,17,20,26,28-29,41,66H,4-7,9-10,12-16,18-19,21-25,27,30-40,42-65H2,1-3H3/b11-8-,20-17-,29-28-,41-26-. The lowest BCUT2D eigenvalue weighted by atomic mass is 10.0. The van der Waals surface area contributed by atoms with Gasteiger partial charge in [-0.15, -0.1) is 0 Å². The van der Waals surface area contributed by atoms with Crippen molar-refractivity contribution >= 4 is 17.9 Å². The highest BCUT2D eigenvalue weighted by Gasteiger charge is 2.19. The lowest BCUT2D eigenvalue weighted by Gasteiger charge is -2.18. The summed E-state index contributed by atoms with van der Waals surface area (Å²) in [6.07, 6.45) is 80.0. The molecule has 0 aromatic rings. The van der Waals surface area contributed by atoms with E-state index in [9.17, 15) is 14.4 Å². The molecule has 0 saturated carbocycles. The number of esters is 3. The molecule has 1 unspecified atom stereocenters. The van der Waals surface area contributed by atoms with Crippen LogP contribution in [0.15, 0.2) is 48.6 Å². The minimum atomic E-state index is -0.779. The van der Waals surface area contributed by atoms with Crippen molar-refractivity contribution in [2.45, 2.75) is 361 Å². The number of rotatable bonds is 61. The molecule has 0 spiro atoms. The van der Waals surface area contributed by atoms with Crippen LogP contribution in [0.1, 0.15) is 355 Å². The Labute approximate surface area is 467 Å². The van der Waals surface area contributed by atoms with Gasteiger partial charge in [0, 0.05) is 19.3 Å². The molecule has 0 radical (unpaired) electrons. The summed E-state index contributed by atoms with van der Waals surface area (Å²) in [5.74, 6) is -0.872. The van der Waals surface area contributed by atoms with Gasteiger partial charge in [-0.25, -0.2) is 0 Å². The van der Waals surface area contributed by atoms with Crippen molar-refractivity contribution < 1.29 is 28.6 Å². The van der Waals surface area contributed by atoms with Crippen LogP contribution in [0.3, 0.4) is 0 Å². The normalized spacial score (nSPS) is 12.3. The molecule has 0 aliphatic heterocycles. The van der Waals surface area contributed by atoms with E-state index in [1.807, 2.05) is 0 Å². The number of hydrogen-bond donors (Lipinski definition) is 0. The van der Waals surface area contributed by atoms with Crippen molar-refractivity contribution in [1.82, 2.24) is 0 Å². The highest BCUT2D eigenvalue weighted by molar-refractivity contribution is 5.71. The van der Waals surface area contributed by atoms with Gasteiger partial charge in [0.05, 0.1) is 0 Å². The summed E-state index contributed by atoms with van der Waals surface area (Å²) in [6, 6.07) is 0. The molecule has 1 atom stereocenters. The molecule has 0 aliphatic carbocycles. The van der Waals surface area contributed by atoms with Gasteiger partial charge in [-0.3, -0.25) is 14.4 Å². The van der Waals surface area contributed by atoms with E-state index >= 15 is 0 Å². The van der Waals surface area contributed by atoms with E-state index in [-0.39, 0.29) is 31.1 Å². The lowest BCUT2D eigenvalue weighted by Crippen LogP contribution is -2.30. The Morgan fingerprint density at radius 3 is 0.827 bits per heavy atom. The summed E-state index contributed by atoms with van der Waals surface area (Å²) >= 11 is 0. The zero-order chi connectivity index (χ0) is 54.3. The molecule has 0 aromatic carbocycles. The zero-order valence-corrected chi connectivity index (χ0v) is 50.3. The molecule has 438 valence electrons. The highest BCUT2D eigenvalue weighted by atomic mass is 16.6. The van der Waals surface area contributed by atoms with Crippen molar-refractivity contribution in [3.63, 3.8) is 0 Å². The fourth-order valence-corrected chi connectivity index (χ4v) is 9.87. The molecule has 0 fully saturated rings. The Hall–Kier alpha value is -2.63. The van der Waals surface area contributed by atoms with Gasteiger partial charge in [-0.05, 0) is 77.0 Å². The maximum absolute atomic E-state index is 12.9. The second-order valence-electron chi connectivity index (χ2n) is 22.4. The van der Waals surface area contributed by atoms with Gasteiger partial charge in [-0.1, -0.05) is 307 Å². The fraction of sp³-hybridized carbons (Fsp3) is 0.841. The third-order valence-corrected chi connectivity index (χ3v) is 14.8. The number of carbonyl (C=O) groups is 3. The second-order valence-corrected chi connectivity index (χ2v) is 22.4. The van der Waals surface area contributed by atoms with Gasteiger partial charge in [0.2, 0.25) is 0 Å². The van der Waals surface area contributed by atoms with Crippen molar-refractivity contribution in [3.05, 3.63) is 48.6 Å². The minimum Gasteiger partial charge on any atom is -0.462 e. The van der Waals surface area contributed by atoms with Crippen molar-refractivity contribution in [3.8, 4) is 0 Å². The molecular formula is C69H126O6. The predicted molar refractivity (Wildman–Crippen MR) is 325 cm³/mol. The Balaban J connectivity index is 4.17.